The van der Waals surface area contributed by atoms with Crippen molar-refractivity contribution in [1.29, 1.82) is 0 Å². The number of rotatable bonds is 4. The molecule has 0 N–H and O–H groups in total. The van der Waals surface area contributed by atoms with Crippen LogP contribution in [0.4, 0.5) is 13.2 Å². The summed E-state index contributed by atoms with van der Waals surface area (Å²) >= 11 is 0. The summed E-state index contributed by atoms with van der Waals surface area (Å²) in [6, 6.07) is 5.15. The molecule has 3 unspecified atom stereocenters. The van der Waals surface area contributed by atoms with Gasteiger partial charge in [-0.1, -0.05) is 18.2 Å². The molecule has 0 spiro atoms. The second-order valence-electron chi connectivity index (χ2n) is 7.57. The Morgan fingerprint density at radius 1 is 1.08 bits per heavy atom. The molecule has 2 saturated carbocycles. The summed E-state index contributed by atoms with van der Waals surface area (Å²) in [4.78, 5) is 14.7. The van der Waals surface area contributed by atoms with Gasteiger partial charge >= 0.3 is 6.18 Å². The van der Waals surface area contributed by atoms with Gasteiger partial charge in [0.1, 0.15) is 0 Å². The van der Waals surface area contributed by atoms with E-state index in [0.29, 0.717) is 12.8 Å². The fourth-order valence-electron chi connectivity index (χ4n) is 4.09. The number of hydrogen-bond donors (Lipinski definition) is 0. The van der Waals surface area contributed by atoms with Crippen LogP contribution in [-0.4, -0.2) is 42.8 Å². The monoisotopic (exact) mass is 387 g/mol. The van der Waals surface area contributed by atoms with Crippen LogP contribution in [0.2, 0.25) is 0 Å². The van der Waals surface area contributed by atoms with Crippen molar-refractivity contribution in [3.63, 3.8) is 0 Å². The Hall–Kier alpha value is -1.57. The molecule has 3 atom stereocenters. The van der Waals surface area contributed by atoms with Crippen molar-refractivity contribution >= 4 is 15.7 Å². The first-order valence-electron chi connectivity index (χ1n) is 8.86. The van der Waals surface area contributed by atoms with Gasteiger partial charge in [-0.3, -0.25) is 4.79 Å². The molecule has 1 heterocycles. The molecule has 1 saturated heterocycles. The van der Waals surface area contributed by atoms with Crippen LogP contribution in [0.3, 0.4) is 0 Å². The predicted molar refractivity (Wildman–Crippen MR) is 89.2 cm³/mol. The summed E-state index contributed by atoms with van der Waals surface area (Å²) in [6.45, 7) is 0. The third kappa shape index (κ3) is 3.35. The summed E-state index contributed by atoms with van der Waals surface area (Å²) in [5, 5.41) is 0. The van der Waals surface area contributed by atoms with Gasteiger partial charge in [-0.2, -0.15) is 13.2 Å². The molecule has 3 fully saturated rings. The van der Waals surface area contributed by atoms with E-state index in [-0.39, 0.29) is 35.1 Å². The first-order valence-corrected chi connectivity index (χ1v) is 10.7. The van der Waals surface area contributed by atoms with Crippen molar-refractivity contribution in [3.8, 4) is 0 Å². The zero-order valence-corrected chi connectivity index (χ0v) is 14.9. The average molecular weight is 387 g/mol. The number of benzene rings is 1. The minimum Gasteiger partial charge on any atom is -0.335 e. The molecule has 2 aliphatic carbocycles. The van der Waals surface area contributed by atoms with Crippen molar-refractivity contribution in [1.82, 2.24) is 4.90 Å². The topological polar surface area (TPSA) is 54.5 Å². The van der Waals surface area contributed by atoms with Crippen molar-refractivity contribution in [2.24, 2.45) is 5.92 Å². The standard InChI is InChI=1S/C18H20F3NO3S/c19-18(20,21)16-4-2-1-3-13(16)14-9-15(14)17(23)22(11-5-6-11)12-7-8-26(24,25)10-12/h1-4,11-12,14-15H,5-10H2. The highest BCUT2D eigenvalue weighted by Crippen LogP contribution is 2.53. The highest BCUT2D eigenvalue weighted by molar-refractivity contribution is 7.91. The summed E-state index contributed by atoms with van der Waals surface area (Å²) in [6.07, 6.45) is -1.92. The first kappa shape index (κ1) is 17.8. The van der Waals surface area contributed by atoms with E-state index in [1.165, 1.54) is 12.1 Å². The maximum atomic E-state index is 13.2. The van der Waals surface area contributed by atoms with Gasteiger partial charge in [0.2, 0.25) is 5.91 Å². The first-order chi connectivity index (χ1) is 12.2. The van der Waals surface area contributed by atoms with E-state index >= 15 is 0 Å². The Labute approximate surface area is 150 Å². The average Bonchev–Trinajstić information content (AvgIpc) is 3.46. The lowest BCUT2D eigenvalue weighted by molar-refractivity contribution is -0.139. The Bertz CT molecular complexity index is 832. The number of amides is 1. The summed E-state index contributed by atoms with van der Waals surface area (Å²) in [5.74, 6) is -1.01. The molecule has 3 aliphatic rings. The maximum Gasteiger partial charge on any atom is 0.416 e. The van der Waals surface area contributed by atoms with E-state index < -0.39 is 33.4 Å². The van der Waals surface area contributed by atoms with Gasteiger partial charge in [0.05, 0.1) is 17.1 Å². The van der Waals surface area contributed by atoms with Crippen LogP contribution >= 0.6 is 0 Å². The molecule has 0 radical (unpaired) electrons. The molecule has 4 nitrogen and oxygen atoms in total. The van der Waals surface area contributed by atoms with Crippen LogP contribution in [-0.2, 0) is 20.8 Å². The number of carbonyl (C=O) groups excluding carboxylic acids is 1. The van der Waals surface area contributed by atoms with E-state index in [1.807, 2.05) is 0 Å². The molecule has 0 bridgehead atoms. The quantitative estimate of drug-likeness (QED) is 0.798. The lowest BCUT2D eigenvalue weighted by atomic mass is 10.0. The normalized spacial score (nSPS) is 30.2. The number of nitrogens with zero attached hydrogens (tertiary/aromatic N) is 1. The van der Waals surface area contributed by atoms with E-state index in [4.69, 9.17) is 0 Å². The van der Waals surface area contributed by atoms with E-state index in [1.54, 1.807) is 11.0 Å². The Balaban J connectivity index is 1.54. The molecule has 1 aromatic rings. The van der Waals surface area contributed by atoms with Crippen LogP contribution in [0, 0.1) is 5.92 Å². The molecule has 26 heavy (non-hydrogen) atoms. The third-order valence-corrected chi connectivity index (χ3v) is 7.32. The van der Waals surface area contributed by atoms with Gasteiger partial charge in [-0.15, -0.1) is 0 Å². The zero-order chi connectivity index (χ0) is 18.7. The van der Waals surface area contributed by atoms with Crippen LogP contribution in [0.1, 0.15) is 42.7 Å². The van der Waals surface area contributed by atoms with E-state index in [2.05, 4.69) is 0 Å². The van der Waals surface area contributed by atoms with Gasteiger partial charge in [0.15, 0.2) is 9.84 Å². The van der Waals surface area contributed by atoms with Gasteiger partial charge in [0, 0.05) is 18.0 Å². The van der Waals surface area contributed by atoms with Gasteiger partial charge in [-0.05, 0) is 43.2 Å². The molecule has 8 heteroatoms. The lowest BCUT2D eigenvalue weighted by Gasteiger charge is -2.28. The number of sulfone groups is 1. The number of alkyl halides is 3. The van der Waals surface area contributed by atoms with E-state index in [9.17, 15) is 26.4 Å². The minimum atomic E-state index is -4.44. The zero-order valence-electron chi connectivity index (χ0n) is 14.1. The van der Waals surface area contributed by atoms with Crippen LogP contribution in [0.5, 0.6) is 0 Å². The Kier molecular flexibility index (Phi) is 4.09. The predicted octanol–water partition coefficient (Wildman–Crippen LogP) is 2.99. The van der Waals surface area contributed by atoms with Crippen LogP contribution < -0.4 is 0 Å². The van der Waals surface area contributed by atoms with Gasteiger partial charge in [0.25, 0.3) is 0 Å². The van der Waals surface area contributed by atoms with Gasteiger partial charge in [-0.25, -0.2) is 8.42 Å². The largest absolute Gasteiger partial charge is 0.416 e. The minimum absolute atomic E-state index is 0.0221. The second kappa shape index (κ2) is 5.97. The molecular weight excluding hydrogens is 367 g/mol. The van der Waals surface area contributed by atoms with Crippen molar-refractivity contribution < 1.29 is 26.4 Å². The second-order valence-corrected chi connectivity index (χ2v) is 9.80. The molecular formula is C18H20F3NO3S. The maximum absolute atomic E-state index is 13.2. The molecule has 1 amide bonds. The third-order valence-electron chi connectivity index (χ3n) is 5.57. The molecule has 142 valence electrons. The highest BCUT2D eigenvalue weighted by Gasteiger charge is 2.52. The molecule has 1 aromatic carbocycles. The summed E-state index contributed by atoms with van der Waals surface area (Å²) in [5.41, 5.74) is -0.505. The summed E-state index contributed by atoms with van der Waals surface area (Å²) < 4.78 is 63.2. The smallest absolute Gasteiger partial charge is 0.335 e. The number of carbonyl (C=O) groups is 1. The lowest BCUT2D eigenvalue weighted by Crippen LogP contribution is -2.43. The molecule has 4 rings (SSSR count). The number of hydrogen-bond acceptors (Lipinski definition) is 3. The highest BCUT2D eigenvalue weighted by atomic mass is 32.2. The van der Waals surface area contributed by atoms with Crippen LogP contribution in [0.15, 0.2) is 24.3 Å². The fourth-order valence-corrected chi connectivity index (χ4v) is 5.80. The molecule has 1 aliphatic heterocycles. The Morgan fingerprint density at radius 3 is 2.35 bits per heavy atom. The van der Waals surface area contributed by atoms with Crippen molar-refractivity contribution in [2.45, 2.75) is 49.9 Å². The van der Waals surface area contributed by atoms with Crippen LogP contribution in [0.25, 0.3) is 0 Å². The van der Waals surface area contributed by atoms with Crippen molar-refractivity contribution in [3.05, 3.63) is 35.4 Å². The number of halogens is 3. The van der Waals surface area contributed by atoms with Crippen molar-refractivity contribution in [2.75, 3.05) is 11.5 Å². The van der Waals surface area contributed by atoms with E-state index in [0.717, 1.165) is 18.9 Å². The Morgan fingerprint density at radius 2 is 1.77 bits per heavy atom. The summed E-state index contributed by atoms with van der Waals surface area (Å²) in [7, 11) is -3.12. The fraction of sp³-hybridized carbons (Fsp3) is 0.611. The van der Waals surface area contributed by atoms with Gasteiger partial charge < -0.3 is 4.90 Å². The SMILES string of the molecule is O=C(C1CC1c1ccccc1C(F)(F)F)N(C1CC1)C1CCS(=O)(=O)C1. The molecule has 0 aromatic heterocycles.